The largest absolute Gasteiger partial charge is 0.335 e. The van der Waals surface area contributed by atoms with Crippen molar-refractivity contribution in [3.05, 3.63) is 35.4 Å². The van der Waals surface area contributed by atoms with Gasteiger partial charge in [-0.05, 0) is 30.5 Å². The van der Waals surface area contributed by atoms with Gasteiger partial charge in [0.1, 0.15) is 0 Å². The standard InChI is InChI=1S/C21H33F2NO/c1-6-8-10-17(11-9-7-2)24(20(25)21(3,4)5)15-16-12-13-18(22)19(23)14-16/h12-14,17H,6-11,15H2,1-5H3. The van der Waals surface area contributed by atoms with Gasteiger partial charge in [-0.2, -0.15) is 0 Å². The van der Waals surface area contributed by atoms with E-state index in [0.717, 1.165) is 44.6 Å². The number of rotatable bonds is 9. The molecule has 0 aliphatic heterocycles. The lowest BCUT2D eigenvalue weighted by Gasteiger charge is -2.36. The van der Waals surface area contributed by atoms with Crippen LogP contribution in [-0.2, 0) is 11.3 Å². The van der Waals surface area contributed by atoms with Crippen LogP contribution in [0.5, 0.6) is 0 Å². The lowest BCUT2D eigenvalue weighted by Crippen LogP contribution is -2.45. The Morgan fingerprint density at radius 1 is 1.04 bits per heavy atom. The number of hydrogen-bond donors (Lipinski definition) is 0. The lowest BCUT2D eigenvalue weighted by molar-refractivity contribution is -0.143. The van der Waals surface area contributed by atoms with Gasteiger partial charge in [-0.1, -0.05) is 66.4 Å². The molecular formula is C21H33F2NO. The minimum absolute atomic E-state index is 0.0643. The van der Waals surface area contributed by atoms with Gasteiger partial charge in [0.05, 0.1) is 0 Å². The highest BCUT2D eigenvalue weighted by molar-refractivity contribution is 5.81. The van der Waals surface area contributed by atoms with Gasteiger partial charge in [0.25, 0.3) is 0 Å². The second-order valence-electron chi connectivity index (χ2n) is 7.87. The molecular weight excluding hydrogens is 320 g/mol. The molecule has 0 aliphatic rings. The summed E-state index contributed by atoms with van der Waals surface area (Å²) in [5.74, 6) is -1.65. The number of carbonyl (C=O) groups is 1. The fraction of sp³-hybridized carbons (Fsp3) is 0.667. The minimum atomic E-state index is -0.862. The molecule has 1 aromatic carbocycles. The fourth-order valence-corrected chi connectivity index (χ4v) is 2.97. The van der Waals surface area contributed by atoms with Crippen LogP contribution in [0.2, 0.25) is 0 Å². The van der Waals surface area contributed by atoms with Crippen molar-refractivity contribution in [3.63, 3.8) is 0 Å². The van der Waals surface area contributed by atoms with Gasteiger partial charge in [0, 0.05) is 18.0 Å². The topological polar surface area (TPSA) is 20.3 Å². The normalized spacial score (nSPS) is 11.8. The number of carbonyl (C=O) groups excluding carboxylic acids is 1. The molecule has 0 saturated carbocycles. The molecule has 0 unspecified atom stereocenters. The SMILES string of the molecule is CCCCC(CCCC)N(Cc1ccc(F)c(F)c1)C(=O)C(C)(C)C. The third-order valence-corrected chi connectivity index (χ3v) is 4.46. The van der Waals surface area contributed by atoms with Crippen LogP contribution in [0.4, 0.5) is 8.78 Å². The Kier molecular flexibility index (Phi) is 8.54. The van der Waals surface area contributed by atoms with Gasteiger partial charge in [-0.3, -0.25) is 4.79 Å². The fourth-order valence-electron chi connectivity index (χ4n) is 2.97. The van der Waals surface area contributed by atoms with E-state index < -0.39 is 17.0 Å². The molecule has 2 nitrogen and oxygen atoms in total. The first-order valence-electron chi connectivity index (χ1n) is 9.45. The van der Waals surface area contributed by atoms with Gasteiger partial charge in [-0.25, -0.2) is 8.78 Å². The summed E-state index contributed by atoms with van der Waals surface area (Å²) in [5, 5.41) is 0. The molecule has 0 fully saturated rings. The smallest absolute Gasteiger partial charge is 0.228 e. The number of hydrogen-bond acceptors (Lipinski definition) is 1. The zero-order valence-corrected chi connectivity index (χ0v) is 16.4. The average molecular weight is 353 g/mol. The van der Waals surface area contributed by atoms with Crippen molar-refractivity contribution in [2.24, 2.45) is 5.41 Å². The quantitative estimate of drug-likeness (QED) is 0.526. The van der Waals surface area contributed by atoms with E-state index in [9.17, 15) is 13.6 Å². The summed E-state index contributed by atoms with van der Waals surface area (Å²) < 4.78 is 26.8. The molecule has 0 saturated heterocycles. The maximum atomic E-state index is 13.6. The molecule has 0 atom stereocenters. The molecule has 1 amide bonds. The van der Waals surface area contributed by atoms with E-state index in [4.69, 9.17) is 0 Å². The predicted octanol–water partition coefficient (Wildman–Crippen LogP) is 6.09. The Bertz CT molecular complexity index is 543. The Balaban J connectivity index is 3.11. The molecule has 142 valence electrons. The first-order chi connectivity index (χ1) is 11.7. The summed E-state index contributed by atoms with van der Waals surface area (Å²) in [6.45, 7) is 10.3. The van der Waals surface area contributed by atoms with Crippen LogP contribution < -0.4 is 0 Å². The van der Waals surface area contributed by atoms with E-state index >= 15 is 0 Å². The van der Waals surface area contributed by atoms with Gasteiger partial charge >= 0.3 is 0 Å². The third kappa shape index (κ3) is 6.75. The molecule has 25 heavy (non-hydrogen) atoms. The molecule has 0 heterocycles. The zero-order chi connectivity index (χ0) is 19.0. The molecule has 1 aromatic rings. The van der Waals surface area contributed by atoms with Crippen molar-refractivity contribution in [1.29, 1.82) is 0 Å². The van der Waals surface area contributed by atoms with Gasteiger partial charge in [-0.15, -0.1) is 0 Å². The molecule has 0 aliphatic carbocycles. The Morgan fingerprint density at radius 3 is 2.04 bits per heavy atom. The lowest BCUT2D eigenvalue weighted by atomic mass is 9.91. The van der Waals surface area contributed by atoms with Crippen molar-refractivity contribution in [1.82, 2.24) is 4.90 Å². The highest BCUT2D eigenvalue weighted by atomic mass is 19.2. The molecule has 4 heteroatoms. The Morgan fingerprint density at radius 2 is 1.60 bits per heavy atom. The molecule has 1 rings (SSSR count). The van der Waals surface area contributed by atoms with Crippen molar-refractivity contribution >= 4 is 5.91 Å². The van der Waals surface area contributed by atoms with Gasteiger partial charge in [0.2, 0.25) is 5.91 Å². The number of unbranched alkanes of at least 4 members (excludes halogenated alkanes) is 2. The van der Waals surface area contributed by atoms with E-state index in [1.165, 1.54) is 6.07 Å². The van der Waals surface area contributed by atoms with Crippen LogP contribution in [0.1, 0.15) is 78.7 Å². The maximum Gasteiger partial charge on any atom is 0.228 e. The second kappa shape index (κ2) is 9.88. The van der Waals surface area contributed by atoms with Crippen LogP contribution in [-0.4, -0.2) is 16.8 Å². The summed E-state index contributed by atoms with van der Waals surface area (Å²) in [7, 11) is 0. The van der Waals surface area contributed by atoms with Crippen LogP contribution in [0, 0.1) is 17.0 Å². The third-order valence-electron chi connectivity index (χ3n) is 4.46. The molecule has 0 radical (unpaired) electrons. The second-order valence-corrected chi connectivity index (χ2v) is 7.87. The number of amides is 1. The monoisotopic (exact) mass is 353 g/mol. The molecule has 0 bridgehead atoms. The van der Waals surface area contributed by atoms with Gasteiger partial charge in [0.15, 0.2) is 11.6 Å². The van der Waals surface area contributed by atoms with Crippen LogP contribution in [0.3, 0.4) is 0 Å². The average Bonchev–Trinajstić information content (AvgIpc) is 2.55. The summed E-state index contributed by atoms with van der Waals surface area (Å²) in [6, 6.07) is 4.05. The van der Waals surface area contributed by atoms with Crippen molar-refractivity contribution in [2.45, 2.75) is 85.7 Å². The van der Waals surface area contributed by atoms with E-state index in [-0.39, 0.29) is 11.9 Å². The Hall–Kier alpha value is -1.45. The molecule has 0 aromatic heterocycles. The highest BCUT2D eigenvalue weighted by Crippen LogP contribution is 2.26. The first-order valence-corrected chi connectivity index (χ1v) is 9.45. The van der Waals surface area contributed by atoms with Crippen molar-refractivity contribution in [2.75, 3.05) is 0 Å². The highest BCUT2D eigenvalue weighted by Gasteiger charge is 2.31. The minimum Gasteiger partial charge on any atom is -0.335 e. The number of benzene rings is 1. The summed E-state index contributed by atoms with van der Waals surface area (Å²) in [5.41, 5.74) is 0.129. The van der Waals surface area contributed by atoms with Crippen molar-refractivity contribution < 1.29 is 13.6 Å². The van der Waals surface area contributed by atoms with E-state index in [0.29, 0.717) is 12.1 Å². The van der Waals surface area contributed by atoms with E-state index in [1.807, 2.05) is 25.7 Å². The number of nitrogens with zero attached hydrogens (tertiary/aromatic N) is 1. The Labute approximate surface area is 151 Å². The summed E-state index contributed by atoms with van der Waals surface area (Å²) in [6.07, 6.45) is 6.15. The number of halogens is 2. The first kappa shape index (κ1) is 21.6. The molecule has 0 spiro atoms. The predicted molar refractivity (Wildman–Crippen MR) is 99.2 cm³/mol. The summed E-state index contributed by atoms with van der Waals surface area (Å²) in [4.78, 5) is 14.9. The van der Waals surface area contributed by atoms with Crippen molar-refractivity contribution in [3.8, 4) is 0 Å². The maximum absolute atomic E-state index is 13.6. The van der Waals surface area contributed by atoms with Crippen LogP contribution in [0.15, 0.2) is 18.2 Å². The summed E-state index contributed by atoms with van der Waals surface area (Å²) >= 11 is 0. The van der Waals surface area contributed by atoms with E-state index in [1.54, 1.807) is 6.07 Å². The van der Waals surface area contributed by atoms with Crippen LogP contribution in [0.25, 0.3) is 0 Å². The van der Waals surface area contributed by atoms with E-state index in [2.05, 4.69) is 13.8 Å². The zero-order valence-electron chi connectivity index (χ0n) is 16.4. The van der Waals surface area contributed by atoms with Gasteiger partial charge < -0.3 is 4.90 Å². The molecule has 0 N–H and O–H groups in total. The van der Waals surface area contributed by atoms with Crippen LogP contribution >= 0.6 is 0 Å².